The Labute approximate surface area is 169 Å². The van der Waals surface area contributed by atoms with Crippen molar-refractivity contribution in [3.8, 4) is 11.5 Å². The second kappa shape index (κ2) is 6.73. The van der Waals surface area contributed by atoms with Crippen molar-refractivity contribution in [1.29, 1.82) is 0 Å². The van der Waals surface area contributed by atoms with Gasteiger partial charge in [0, 0.05) is 38.6 Å². The van der Waals surface area contributed by atoms with Crippen LogP contribution in [0.15, 0.2) is 18.2 Å². The van der Waals surface area contributed by atoms with E-state index in [0.29, 0.717) is 30.5 Å². The highest BCUT2D eigenvalue weighted by Gasteiger charge is 2.39. The standard InChI is InChI=1S/C21H25N5O3/c27-21(22-16-2-1-3-16)20-24-23-19-7-14-9-25(10-15(14)11-26(19)20)8-13-4-5-17-18(6-13)29-12-28-17/h4-6,14-16H,1-3,7-12H2,(H,22,27)/t14-,15+/m0/s1. The van der Waals surface area contributed by atoms with Gasteiger partial charge in [0.25, 0.3) is 5.91 Å². The van der Waals surface area contributed by atoms with E-state index >= 15 is 0 Å². The summed E-state index contributed by atoms with van der Waals surface area (Å²) in [4.78, 5) is 15.1. The van der Waals surface area contributed by atoms with E-state index in [9.17, 15) is 4.79 Å². The summed E-state index contributed by atoms with van der Waals surface area (Å²) in [6.45, 7) is 4.12. The van der Waals surface area contributed by atoms with E-state index in [1.807, 2.05) is 6.07 Å². The summed E-state index contributed by atoms with van der Waals surface area (Å²) in [7, 11) is 0. The monoisotopic (exact) mass is 395 g/mol. The normalized spacial score (nSPS) is 25.4. The molecule has 6 rings (SSSR count). The summed E-state index contributed by atoms with van der Waals surface area (Å²) in [6.07, 6.45) is 4.25. The number of carbonyl (C=O) groups is 1. The van der Waals surface area contributed by atoms with Gasteiger partial charge in [-0.05, 0) is 48.8 Å². The average molecular weight is 395 g/mol. The minimum absolute atomic E-state index is 0.0675. The first-order valence-electron chi connectivity index (χ1n) is 10.6. The van der Waals surface area contributed by atoms with Crippen LogP contribution in [0, 0.1) is 11.8 Å². The summed E-state index contributed by atoms with van der Waals surface area (Å²) >= 11 is 0. The molecular formula is C21H25N5O3. The molecule has 0 radical (unpaired) electrons. The van der Waals surface area contributed by atoms with Crippen LogP contribution in [0.4, 0.5) is 0 Å². The van der Waals surface area contributed by atoms with Gasteiger partial charge in [-0.3, -0.25) is 9.69 Å². The lowest BCUT2D eigenvalue weighted by molar-refractivity contribution is 0.0898. The second-order valence-electron chi connectivity index (χ2n) is 8.76. The zero-order valence-electron chi connectivity index (χ0n) is 16.3. The van der Waals surface area contributed by atoms with Crippen LogP contribution in [-0.2, 0) is 19.5 Å². The molecule has 0 bridgehead atoms. The Morgan fingerprint density at radius 2 is 1.97 bits per heavy atom. The molecule has 2 atom stereocenters. The molecule has 2 fully saturated rings. The molecule has 1 N–H and O–H groups in total. The van der Waals surface area contributed by atoms with Gasteiger partial charge in [0.05, 0.1) is 0 Å². The molecule has 4 heterocycles. The van der Waals surface area contributed by atoms with E-state index in [0.717, 1.165) is 62.8 Å². The lowest BCUT2D eigenvalue weighted by Crippen LogP contribution is -2.41. The van der Waals surface area contributed by atoms with Crippen LogP contribution in [0.2, 0.25) is 0 Å². The Balaban J connectivity index is 1.13. The van der Waals surface area contributed by atoms with Gasteiger partial charge in [0.2, 0.25) is 12.6 Å². The maximum atomic E-state index is 12.6. The number of ether oxygens (including phenoxy) is 2. The van der Waals surface area contributed by atoms with Gasteiger partial charge in [-0.1, -0.05) is 6.07 Å². The number of likely N-dealkylation sites (tertiary alicyclic amines) is 1. The quantitative estimate of drug-likeness (QED) is 0.847. The highest BCUT2D eigenvalue weighted by Crippen LogP contribution is 2.36. The van der Waals surface area contributed by atoms with Crippen LogP contribution < -0.4 is 14.8 Å². The topological polar surface area (TPSA) is 81.5 Å². The second-order valence-corrected chi connectivity index (χ2v) is 8.76. The van der Waals surface area contributed by atoms with Crippen molar-refractivity contribution in [1.82, 2.24) is 25.0 Å². The first-order chi connectivity index (χ1) is 14.2. The van der Waals surface area contributed by atoms with Gasteiger partial charge in [-0.2, -0.15) is 0 Å². The van der Waals surface area contributed by atoms with Crippen LogP contribution in [0.5, 0.6) is 11.5 Å². The predicted molar refractivity (Wildman–Crippen MR) is 104 cm³/mol. The number of fused-ring (bicyclic) bond motifs is 3. The molecule has 29 heavy (non-hydrogen) atoms. The van der Waals surface area contributed by atoms with Crippen molar-refractivity contribution in [2.24, 2.45) is 11.8 Å². The minimum atomic E-state index is -0.0675. The molecule has 1 amide bonds. The average Bonchev–Trinajstić information content (AvgIpc) is 3.39. The zero-order chi connectivity index (χ0) is 19.4. The molecule has 1 aliphatic carbocycles. The molecule has 8 nitrogen and oxygen atoms in total. The fourth-order valence-electron chi connectivity index (χ4n) is 5.02. The summed E-state index contributed by atoms with van der Waals surface area (Å²) in [5, 5.41) is 11.7. The Hall–Kier alpha value is -2.61. The molecule has 1 saturated carbocycles. The lowest BCUT2D eigenvalue weighted by atomic mass is 9.89. The van der Waals surface area contributed by atoms with Gasteiger partial charge >= 0.3 is 0 Å². The molecule has 1 saturated heterocycles. The molecule has 3 aliphatic heterocycles. The van der Waals surface area contributed by atoms with Crippen molar-refractivity contribution in [2.45, 2.75) is 44.8 Å². The third-order valence-electron chi connectivity index (χ3n) is 6.83. The molecule has 0 unspecified atom stereocenters. The SMILES string of the molecule is O=C(NC1CCC1)c1nnc2n1C[C@H]1CN(Cc3ccc4c(c3)OCO4)C[C@@H]1C2. The largest absolute Gasteiger partial charge is 0.454 e. The molecule has 1 aromatic carbocycles. The number of aromatic nitrogens is 3. The summed E-state index contributed by atoms with van der Waals surface area (Å²) in [5.74, 6) is 4.14. The summed E-state index contributed by atoms with van der Waals surface area (Å²) in [6, 6.07) is 6.51. The Morgan fingerprint density at radius 1 is 1.10 bits per heavy atom. The first kappa shape index (κ1) is 17.3. The van der Waals surface area contributed by atoms with Crippen molar-refractivity contribution in [3.05, 3.63) is 35.4 Å². The third kappa shape index (κ3) is 3.06. The van der Waals surface area contributed by atoms with Crippen molar-refractivity contribution in [3.63, 3.8) is 0 Å². The molecule has 1 aromatic heterocycles. The van der Waals surface area contributed by atoms with Crippen LogP contribution in [-0.4, -0.2) is 51.5 Å². The molecule has 0 spiro atoms. The summed E-state index contributed by atoms with van der Waals surface area (Å²) < 4.78 is 13.0. The molecule has 2 aromatic rings. The Bertz CT molecular complexity index is 954. The molecule has 4 aliphatic rings. The van der Waals surface area contributed by atoms with Gasteiger partial charge in [-0.25, -0.2) is 0 Å². The fraction of sp³-hybridized carbons (Fsp3) is 0.571. The highest BCUT2D eigenvalue weighted by atomic mass is 16.7. The summed E-state index contributed by atoms with van der Waals surface area (Å²) in [5.41, 5.74) is 1.24. The highest BCUT2D eigenvalue weighted by molar-refractivity contribution is 5.91. The third-order valence-corrected chi connectivity index (χ3v) is 6.83. The van der Waals surface area contributed by atoms with E-state index in [1.165, 1.54) is 12.0 Å². The van der Waals surface area contributed by atoms with Crippen molar-refractivity contribution >= 4 is 5.91 Å². The first-order valence-corrected chi connectivity index (χ1v) is 10.6. The smallest absolute Gasteiger partial charge is 0.289 e. The number of amides is 1. The van der Waals surface area contributed by atoms with Gasteiger partial charge in [-0.15, -0.1) is 10.2 Å². The van der Waals surface area contributed by atoms with Gasteiger partial charge in [0.15, 0.2) is 11.5 Å². The number of nitrogens with zero attached hydrogens (tertiary/aromatic N) is 4. The minimum Gasteiger partial charge on any atom is -0.454 e. The molecule has 8 heteroatoms. The Morgan fingerprint density at radius 3 is 2.83 bits per heavy atom. The number of rotatable bonds is 4. The van der Waals surface area contributed by atoms with E-state index in [-0.39, 0.29) is 5.91 Å². The van der Waals surface area contributed by atoms with Gasteiger partial charge in [0.1, 0.15) is 5.82 Å². The van der Waals surface area contributed by atoms with Gasteiger partial charge < -0.3 is 19.4 Å². The van der Waals surface area contributed by atoms with E-state index in [2.05, 4.69) is 37.1 Å². The van der Waals surface area contributed by atoms with Crippen molar-refractivity contribution < 1.29 is 14.3 Å². The number of carbonyl (C=O) groups excluding carboxylic acids is 1. The van der Waals surface area contributed by atoms with Crippen LogP contribution in [0.3, 0.4) is 0 Å². The van der Waals surface area contributed by atoms with E-state index in [4.69, 9.17) is 9.47 Å². The fourth-order valence-corrected chi connectivity index (χ4v) is 5.02. The maximum Gasteiger partial charge on any atom is 0.289 e. The molecule has 152 valence electrons. The van der Waals surface area contributed by atoms with E-state index in [1.54, 1.807) is 0 Å². The number of hydrogen-bond acceptors (Lipinski definition) is 6. The van der Waals surface area contributed by atoms with Crippen LogP contribution in [0.25, 0.3) is 0 Å². The van der Waals surface area contributed by atoms with Crippen LogP contribution in [0.1, 0.15) is 41.3 Å². The van der Waals surface area contributed by atoms with Crippen LogP contribution >= 0.6 is 0 Å². The number of nitrogens with one attached hydrogen (secondary N) is 1. The van der Waals surface area contributed by atoms with E-state index < -0.39 is 0 Å². The predicted octanol–water partition coefficient (Wildman–Crippen LogP) is 1.59. The number of benzene rings is 1. The Kier molecular flexibility index (Phi) is 4.00. The zero-order valence-corrected chi connectivity index (χ0v) is 16.3. The lowest BCUT2D eigenvalue weighted by Gasteiger charge is -2.28. The maximum absolute atomic E-state index is 12.6. The van der Waals surface area contributed by atoms with Crippen molar-refractivity contribution in [2.75, 3.05) is 19.9 Å². The molecular weight excluding hydrogens is 370 g/mol. The number of hydrogen-bond donors (Lipinski definition) is 1.